The van der Waals surface area contributed by atoms with Crippen molar-refractivity contribution in [2.75, 3.05) is 18.2 Å². The average molecular weight is 264 g/mol. The molecule has 1 aromatic rings. The lowest BCUT2D eigenvalue weighted by molar-refractivity contribution is 0.690. The number of aryl methyl sites for hydroxylation is 1. The SMILES string of the molecule is CS(C)=O.Cc1cc(N)ccc1Br. The van der Waals surface area contributed by atoms with Gasteiger partial charge in [0, 0.05) is 33.5 Å². The molecule has 0 bridgehead atoms. The molecule has 0 spiro atoms. The highest BCUT2D eigenvalue weighted by atomic mass is 79.9. The molecule has 2 N–H and O–H groups in total. The van der Waals surface area contributed by atoms with E-state index in [1.807, 2.05) is 25.1 Å². The minimum absolute atomic E-state index is 0.611. The van der Waals surface area contributed by atoms with Gasteiger partial charge >= 0.3 is 0 Å². The second-order valence-electron chi connectivity index (χ2n) is 2.75. The maximum absolute atomic E-state index is 9.56. The van der Waals surface area contributed by atoms with Crippen molar-refractivity contribution in [3.05, 3.63) is 28.2 Å². The summed E-state index contributed by atoms with van der Waals surface area (Å²) >= 11 is 3.37. The van der Waals surface area contributed by atoms with Gasteiger partial charge in [-0.3, -0.25) is 4.21 Å². The molecule has 0 radical (unpaired) electrons. The highest BCUT2D eigenvalue weighted by Gasteiger charge is 1.91. The van der Waals surface area contributed by atoms with Crippen LogP contribution >= 0.6 is 15.9 Å². The molecule has 0 aliphatic carbocycles. The Morgan fingerprint density at radius 3 is 2.15 bits per heavy atom. The molecule has 74 valence electrons. The number of halogens is 1. The fraction of sp³-hybridized carbons (Fsp3) is 0.333. The number of nitrogens with two attached hydrogens (primary N) is 1. The van der Waals surface area contributed by atoms with E-state index in [0.717, 1.165) is 10.2 Å². The lowest BCUT2D eigenvalue weighted by atomic mass is 10.2. The van der Waals surface area contributed by atoms with Crippen LogP contribution in [-0.2, 0) is 10.8 Å². The molecule has 1 rings (SSSR count). The van der Waals surface area contributed by atoms with Gasteiger partial charge in [0.1, 0.15) is 0 Å². The molecular formula is C9H14BrNOS. The molecule has 0 fully saturated rings. The molecule has 0 saturated heterocycles. The first kappa shape index (κ1) is 12.7. The fourth-order valence-corrected chi connectivity index (χ4v) is 0.915. The molecule has 13 heavy (non-hydrogen) atoms. The zero-order valence-corrected chi connectivity index (χ0v) is 10.4. The third-order valence-electron chi connectivity index (χ3n) is 1.18. The Balaban J connectivity index is 0.000000310. The van der Waals surface area contributed by atoms with Gasteiger partial charge in [-0.2, -0.15) is 0 Å². The van der Waals surface area contributed by atoms with Crippen LogP contribution in [0.25, 0.3) is 0 Å². The zero-order chi connectivity index (χ0) is 10.4. The van der Waals surface area contributed by atoms with E-state index in [4.69, 9.17) is 5.73 Å². The first-order valence-corrected chi connectivity index (χ1v) is 6.46. The van der Waals surface area contributed by atoms with Crippen LogP contribution in [0, 0.1) is 6.92 Å². The average Bonchev–Trinajstić information content (AvgIpc) is 1.96. The predicted molar refractivity (Wildman–Crippen MR) is 63.3 cm³/mol. The molecule has 0 aromatic heterocycles. The summed E-state index contributed by atoms with van der Waals surface area (Å²) in [4.78, 5) is 0. The third-order valence-corrected chi connectivity index (χ3v) is 2.07. The summed E-state index contributed by atoms with van der Waals surface area (Å²) in [5, 5.41) is 0. The summed E-state index contributed by atoms with van der Waals surface area (Å²) in [6, 6.07) is 5.76. The van der Waals surface area contributed by atoms with Crippen LogP contribution in [-0.4, -0.2) is 16.7 Å². The summed E-state index contributed by atoms with van der Waals surface area (Å²) in [6.45, 7) is 2.01. The third kappa shape index (κ3) is 6.78. The number of rotatable bonds is 0. The van der Waals surface area contributed by atoms with E-state index in [-0.39, 0.29) is 0 Å². The largest absolute Gasteiger partial charge is 0.399 e. The van der Waals surface area contributed by atoms with Crippen molar-refractivity contribution >= 4 is 32.4 Å². The van der Waals surface area contributed by atoms with Gasteiger partial charge in [0.15, 0.2) is 0 Å². The summed E-state index contributed by atoms with van der Waals surface area (Å²) in [6.07, 6.45) is 3.28. The smallest absolute Gasteiger partial charge is 0.0317 e. The van der Waals surface area contributed by atoms with Gasteiger partial charge in [0.25, 0.3) is 0 Å². The molecule has 0 heterocycles. The Kier molecular flexibility index (Phi) is 5.99. The molecule has 0 saturated carbocycles. The molecule has 0 aliphatic rings. The number of benzene rings is 1. The quantitative estimate of drug-likeness (QED) is 0.731. The van der Waals surface area contributed by atoms with E-state index < -0.39 is 10.8 Å². The van der Waals surface area contributed by atoms with E-state index in [1.165, 1.54) is 5.56 Å². The Bertz CT molecular complexity index is 298. The first-order chi connectivity index (χ1) is 5.93. The zero-order valence-electron chi connectivity index (χ0n) is 8.00. The summed E-state index contributed by atoms with van der Waals surface area (Å²) in [5.74, 6) is 0. The Morgan fingerprint density at radius 2 is 1.85 bits per heavy atom. The summed E-state index contributed by atoms with van der Waals surface area (Å²) in [5.41, 5.74) is 7.50. The molecular weight excluding hydrogens is 250 g/mol. The fourth-order valence-electron chi connectivity index (χ4n) is 0.668. The van der Waals surface area contributed by atoms with Crippen molar-refractivity contribution in [1.29, 1.82) is 0 Å². The Hall–Kier alpha value is -0.350. The van der Waals surface area contributed by atoms with Crippen LogP contribution in [0.2, 0.25) is 0 Å². The van der Waals surface area contributed by atoms with Gasteiger partial charge in [-0.15, -0.1) is 0 Å². The van der Waals surface area contributed by atoms with Gasteiger partial charge in [0.2, 0.25) is 0 Å². The molecule has 4 heteroatoms. The minimum Gasteiger partial charge on any atom is -0.399 e. The molecule has 0 amide bonds. The number of anilines is 1. The van der Waals surface area contributed by atoms with E-state index >= 15 is 0 Å². The lowest BCUT2D eigenvalue weighted by Gasteiger charge is -1.96. The second kappa shape index (κ2) is 6.16. The van der Waals surface area contributed by atoms with Crippen molar-refractivity contribution in [2.24, 2.45) is 0 Å². The van der Waals surface area contributed by atoms with Crippen LogP contribution in [0.15, 0.2) is 22.7 Å². The standard InChI is InChI=1S/C7H8BrN.C2H6OS/c1-5-4-6(9)2-3-7(5)8;1-4(2)3/h2-4H,9H2,1H3;1-2H3. The van der Waals surface area contributed by atoms with Gasteiger partial charge in [-0.05, 0) is 30.7 Å². The summed E-state index contributed by atoms with van der Waals surface area (Å²) < 4.78 is 10.7. The van der Waals surface area contributed by atoms with E-state index in [1.54, 1.807) is 12.5 Å². The summed E-state index contributed by atoms with van der Waals surface area (Å²) in [7, 11) is -0.611. The van der Waals surface area contributed by atoms with E-state index in [2.05, 4.69) is 15.9 Å². The molecule has 1 aromatic carbocycles. The van der Waals surface area contributed by atoms with Crippen LogP contribution < -0.4 is 5.73 Å². The molecule has 2 nitrogen and oxygen atoms in total. The molecule has 0 aliphatic heterocycles. The Morgan fingerprint density at radius 1 is 1.38 bits per heavy atom. The first-order valence-electron chi connectivity index (χ1n) is 3.70. The number of nitrogen functional groups attached to an aromatic ring is 1. The lowest BCUT2D eigenvalue weighted by Crippen LogP contribution is -1.84. The Labute approximate surface area is 90.1 Å². The maximum atomic E-state index is 9.56. The van der Waals surface area contributed by atoms with E-state index in [0.29, 0.717) is 0 Å². The number of hydrogen-bond acceptors (Lipinski definition) is 2. The van der Waals surface area contributed by atoms with Crippen molar-refractivity contribution in [3.8, 4) is 0 Å². The van der Waals surface area contributed by atoms with E-state index in [9.17, 15) is 4.21 Å². The number of hydrogen-bond donors (Lipinski definition) is 1. The van der Waals surface area contributed by atoms with Crippen LogP contribution in [0.3, 0.4) is 0 Å². The van der Waals surface area contributed by atoms with Crippen molar-refractivity contribution in [2.45, 2.75) is 6.92 Å². The second-order valence-corrected chi connectivity index (χ2v) is 5.09. The van der Waals surface area contributed by atoms with Crippen molar-refractivity contribution in [1.82, 2.24) is 0 Å². The highest BCUT2D eigenvalue weighted by molar-refractivity contribution is 9.10. The van der Waals surface area contributed by atoms with Crippen molar-refractivity contribution in [3.63, 3.8) is 0 Å². The highest BCUT2D eigenvalue weighted by Crippen LogP contribution is 2.17. The van der Waals surface area contributed by atoms with Gasteiger partial charge in [-0.25, -0.2) is 0 Å². The van der Waals surface area contributed by atoms with Gasteiger partial charge in [0.05, 0.1) is 0 Å². The normalized spacial score (nSPS) is 9.31. The van der Waals surface area contributed by atoms with Crippen LogP contribution in [0.1, 0.15) is 5.56 Å². The monoisotopic (exact) mass is 263 g/mol. The topological polar surface area (TPSA) is 43.1 Å². The molecule has 0 unspecified atom stereocenters. The van der Waals surface area contributed by atoms with Crippen LogP contribution in [0.5, 0.6) is 0 Å². The maximum Gasteiger partial charge on any atom is 0.0317 e. The van der Waals surface area contributed by atoms with Gasteiger partial charge in [-0.1, -0.05) is 15.9 Å². The van der Waals surface area contributed by atoms with Gasteiger partial charge < -0.3 is 5.73 Å². The van der Waals surface area contributed by atoms with Crippen molar-refractivity contribution < 1.29 is 4.21 Å². The minimum atomic E-state index is -0.611. The van der Waals surface area contributed by atoms with Crippen LogP contribution in [0.4, 0.5) is 5.69 Å². The molecule has 0 atom stereocenters. The predicted octanol–water partition coefficient (Wildman–Crippen LogP) is 2.33.